The molecule has 4 heteroatoms. The van der Waals surface area contributed by atoms with Crippen molar-refractivity contribution < 1.29 is 4.79 Å². The highest BCUT2D eigenvalue weighted by molar-refractivity contribution is 6.06. The molecule has 2 rings (SSSR count). The van der Waals surface area contributed by atoms with E-state index in [0.717, 1.165) is 16.6 Å². The van der Waals surface area contributed by atoms with Crippen molar-refractivity contribution in [3.8, 4) is 0 Å². The molecule has 0 unspecified atom stereocenters. The molecule has 0 atom stereocenters. The van der Waals surface area contributed by atoms with Crippen LogP contribution in [0, 0.1) is 0 Å². The van der Waals surface area contributed by atoms with E-state index in [0.29, 0.717) is 11.5 Å². The normalized spacial score (nSPS) is 11.1. The summed E-state index contributed by atoms with van der Waals surface area (Å²) in [5.74, 6) is -0.0788. The van der Waals surface area contributed by atoms with Gasteiger partial charge in [0.2, 0.25) is 5.91 Å². The van der Waals surface area contributed by atoms with Gasteiger partial charge in [0, 0.05) is 17.8 Å². The van der Waals surface area contributed by atoms with E-state index in [1.165, 1.54) is 0 Å². The van der Waals surface area contributed by atoms with Gasteiger partial charge < -0.3 is 10.7 Å². The lowest BCUT2D eigenvalue weighted by Crippen LogP contribution is -2.12. The Labute approximate surface area is 87.5 Å². The van der Waals surface area contributed by atoms with Crippen molar-refractivity contribution in [2.45, 2.75) is 19.8 Å². The van der Waals surface area contributed by atoms with Gasteiger partial charge in [0.25, 0.3) is 0 Å². The summed E-state index contributed by atoms with van der Waals surface area (Å²) in [6.45, 7) is 4.14. The average Bonchev–Trinajstić information content (AvgIpc) is 2.60. The van der Waals surface area contributed by atoms with Gasteiger partial charge in [-0.2, -0.15) is 0 Å². The number of amides is 1. The number of nitrogens with zero attached hydrogens (tertiary/aromatic N) is 1. The first kappa shape index (κ1) is 9.71. The van der Waals surface area contributed by atoms with Crippen LogP contribution >= 0.6 is 0 Å². The number of nitrogens with two attached hydrogens (primary N) is 1. The molecule has 0 spiro atoms. The number of aromatic nitrogens is 2. The summed E-state index contributed by atoms with van der Waals surface area (Å²) < 4.78 is 0. The van der Waals surface area contributed by atoms with E-state index in [2.05, 4.69) is 23.8 Å². The van der Waals surface area contributed by atoms with Gasteiger partial charge in [-0.25, -0.2) is 4.98 Å². The number of fused-ring (bicyclic) bond motifs is 1. The predicted molar refractivity (Wildman–Crippen MR) is 58.7 cm³/mol. The van der Waals surface area contributed by atoms with Crippen LogP contribution < -0.4 is 5.73 Å². The Balaban J connectivity index is 2.80. The van der Waals surface area contributed by atoms with Crippen LogP contribution in [-0.2, 0) is 0 Å². The average molecular weight is 203 g/mol. The van der Waals surface area contributed by atoms with Gasteiger partial charge in [0.05, 0.1) is 5.56 Å². The Hall–Kier alpha value is -1.84. The number of hydrogen-bond acceptors (Lipinski definition) is 2. The number of carbonyl (C=O) groups excluding carboxylic acids is 1. The van der Waals surface area contributed by atoms with E-state index in [1.54, 1.807) is 12.3 Å². The summed E-state index contributed by atoms with van der Waals surface area (Å²) >= 11 is 0. The quantitative estimate of drug-likeness (QED) is 0.781. The Morgan fingerprint density at radius 1 is 1.53 bits per heavy atom. The maximum Gasteiger partial charge on any atom is 0.249 e. The van der Waals surface area contributed by atoms with E-state index in [-0.39, 0.29) is 0 Å². The van der Waals surface area contributed by atoms with Gasteiger partial charge in [-0.05, 0) is 17.5 Å². The number of H-pyrrole nitrogens is 1. The molecule has 0 aromatic carbocycles. The van der Waals surface area contributed by atoms with Crippen LogP contribution in [0.4, 0.5) is 0 Å². The third-order valence-corrected chi connectivity index (χ3v) is 2.49. The van der Waals surface area contributed by atoms with Crippen molar-refractivity contribution in [2.75, 3.05) is 0 Å². The number of hydrogen-bond donors (Lipinski definition) is 2. The molecular formula is C11H13N3O. The van der Waals surface area contributed by atoms with Crippen LogP contribution in [0.5, 0.6) is 0 Å². The molecule has 3 N–H and O–H groups in total. The Morgan fingerprint density at radius 2 is 2.27 bits per heavy atom. The summed E-state index contributed by atoms with van der Waals surface area (Å²) in [6, 6.07) is 1.66. The second-order valence-corrected chi connectivity index (χ2v) is 3.85. The van der Waals surface area contributed by atoms with Crippen LogP contribution in [-0.4, -0.2) is 15.9 Å². The highest BCUT2D eigenvalue weighted by atomic mass is 16.1. The first-order chi connectivity index (χ1) is 7.11. The smallest absolute Gasteiger partial charge is 0.249 e. The van der Waals surface area contributed by atoms with Crippen LogP contribution in [0.1, 0.15) is 35.7 Å². The van der Waals surface area contributed by atoms with E-state index in [4.69, 9.17) is 5.73 Å². The Bertz CT molecular complexity index is 514. The Morgan fingerprint density at radius 3 is 2.87 bits per heavy atom. The largest absolute Gasteiger partial charge is 0.366 e. The zero-order valence-corrected chi connectivity index (χ0v) is 8.74. The van der Waals surface area contributed by atoms with E-state index in [1.807, 2.05) is 6.20 Å². The molecule has 4 nitrogen and oxygen atoms in total. The molecular weight excluding hydrogens is 190 g/mol. The second-order valence-electron chi connectivity index (χ2n) is 3.85. The fourth-order valence-electron chi connectivity index (χ4n) is 1.74. The molecule has 0 aliphatic heterocycles. The summed E-state index contributed by atoms with van der Waals surface area (Å²) in [5, 5.41) is 0.847. The standard InChI is InChI=1S/C11H13N3O/c1-6(2)8-5-14-11-9(8)7(10(12)15)3-4-13-11/h3-6H,1-2H3,(H2,12,15)(H,13,14). The number of aromatic amines is 1. The van der Waals surface area contributed by atoms with Crippen LogP contribution in [0.25, 0.3) is 11.0 Å². The first-order valence-corrected chi connectivity index (χ1v) is 4.87. The topological polar surface area (TPSA) is 71.8 Å². The number of rotatable bonds is 2. The fourth-order valence-corrected chi connectivity index (χ4v) is 1.74. The van der Waals surface area contributed by atoms with Gasteiger partial charge in [-0.3, -0.25) is 4.79 Å². The lowest BCUT2D eigenvalue weighted by Gasteiger charge is -2.04. The monoisotopic (exact) mass is 203 g/mol. The highest BCUT2D eigenvalue weighted by Crippen LogP contribution is 2.26. The lowest BCUT2D eigenvalue weighted by molar-refractivity contribution is 0.100. The van der Waals surface area contributed by atoms with Crippen LogP contribution in [0.3, 0.4) is 0 Å². The van der Waals surface area contributed by atoms with Gasteiger partial charge >= 0.3 is 0 Å². The molecule has 0 saturated heterocycles. The molecule has 1 amide bonds. The molecule has 15 heavy (non-hydrogen) atoms. The molecule has 0 bridgehead atoms. The first-order valence-electron chi connectivity index (χ1n) is 4.87. The molecule has 0 aliphatic carbocycles. The minimum Gasteiger partial charge on any atom is -0.366 e. The van der Waals surface area contributed by atoms with Crippen molar-refractivity contribution in [1.29, 1.82) is 0 Å². The Kier molecular flexibility index (Phi) is 2.19. The van der Waals surface area contributed by atoms with Gasteiger partial charge in [-0.1, -0.05) is 13.8 Å². The second kappa shape index (κ2) is 3.38. The third kappa shape index (κ3) is 1.48. The van der Waals surface area contributed by atoms with Crippen molar-refractivity contribution >= 4 is 16.9 Å². The van der Waals surface area contributed by atoms with Crippen molar-refractivity contribution in [3.05, 3.63) is 29.6 Å². The maximum atomic E-state index is 11.3. The molecule has 2 aromatic heterocycles. The van der Waals surface area contributed by atoms with Gasteiger partial charge in [-0.15, -0.1) is 0 Å². The minimum absolute atomic E-state index is 0.334. The molecule has 0 fully saturated rings. The van der Waals surface area contributed by atoms with Crippen molar-refractivity contribution in [1.82, 2.24) is 9.97 Å². The van der Waals surface area contributed by atoms with Crippen molar-refractivity contribution in [2.24, 2.45) is 5.73 Å². The van der Waals surface area contributed by atoms with Crippen LogP contribution in [0.15, 0.2) is 18.5 Å². The molecule has 0 aliphatic rings. The summed E-state index contributed by atoms with van der Waals surface area (Å²) in [4.78, 5) is 18.5. The molecule has 78 valence electrons. The van der Waals surface area contributed by atoms with Gasteiger partial charge in [0.1, 0.15) is 5.65 Å². The van der Waals surface area contributed by atoms with E-state index < -0.39 is 5.91 Å². The summed E-state index contributed by atoms with van der Waals surface area (Å²) in [5.41, 5.74) is 7.65. The van der Waals surface area contributed by atoms with E-state index >= 15 is 0 Å². The molecule has 0 radical (unpaired) electrons. The van der Waals surface area contributed by atoms with Gasteiger partial charge in [0.15, 0.2) is 0 Å². The molecule has 0 saturated carbocycles. The third-order valence-electron chi connectivity index (χ3n) is 2.49. The maximum absolute atomic E-state index is 11.3. The molecule has 2 heterocycles. The van der Waals surface area contributed by atoms with Crippen LogP contribution in [0.2, 0.25) is 0 Å². The number of nitrogens with one attached hydrogen (secondary N) is 1. The SMILES string of the molecule is CC(C)c1c[nH]c2nccc(C(N)=O)c12. The number of primary amides is 1. The minimum atomic E-state index is -0.413. The number of pyridine rings is 1. The number of carbonyl (C=O) groups is 1. The highest BCUT2D eigenvalue weighted by Gasteiger charge is 2.14. The predicted octanol–water partition coefficient (Wildman–Crippen LogP) is 1.79. The summed E-state index contributed by atoms with van der Waals surface area (Å²) in [6.07, 6.45) is 3.47. The lowest BCUT2D eigenvalue weighted by atomic mass is 10.0. The van der Waals surface area contributed by atoms with E-state index in [9.17, 15) is 4.79 Å². The summed E-state index contributed by atoms with van der Waals surface area (Å²) in [7, 11) is 0. The fraction of sp³-hybridized carbons (Fsp3) is 0.273. The van der Waals surface area contributed by atoms with Crippen molar-refractivity contribution in [3.63, 3.8) is 0 Å². The zero-order chi connectivity index (χ0) is 11.0. The zero-order valence-electron chi connectivity index (χ0n) is 8.74. The molecule has 2 aromatic rings.